The van der Waals surface area contributed by atoms with E-state index in [9.17, 15) is 0 Å². The highest BCUT2D eigenvalue weighted by atomic mass is 16.5. The minimum atomic E-state index is 0.527. The summed E-state index contributed by atoms with van der Waals surface area (Å²) < 4.78 is 7.51. The molecule has 0 amide bonds. The van der Waals surface area contributed by atoms with Crippen molar-refractivity contribution < 1.29 is 4.74 Å². The summed E-state index contributed by atoms with van der Waals surface area (Å²) in [7, 11) is 0. The van der Waals surface area contributed by atoms with Crippen LogP contribution in [0.5, 0.6) is 5.75 Å². The molecule has 0 fully saturated rings. The van der Waals surface area contributed by atoms with Crippen molar-refractivity contribution in [2.75, 3.05) is 6.61 Å². The molecule has 3 nitrogen and oxygen atoms in total. The Kier molecular flexibility index (Phi) is 4.83. The molecule has 0 radical (unpaired) electrons. The number of nitrogens with zero attached hydrogens (tertiary/aromatic N) is 2. The summed E-state index contributed by atoms with van der Waals surface area (Å²) in [5.41, 5.74) is 3.82. The fourth-order valence-corrected chi connectivity index (χ4v) is 2.36. The van der Waals surface area contributed by atoms with E-state index in [2.05, 4.69) is 44.2 Å². The normalized spacial score (nSPS) is 11.1. The zero-order valence-electron chi connectivity index (χ0n) is 12.9. The van der Waals surface area contributed by atoms with E-state index in [1.807, 2.05) is 23.7 Å². The number of ether oxygens (including phenoxy) is 1. The first kappa shape index (κ1) is 14.6. The number of aromatic nitrogens is 2. The molecule has 20 heavy (non-hydrogen) atoms. The largest absolute Gasteiger partial charge is 0.494 e. The summed E-state index contributed by atoms with van der Waals surface area (Å²) >= 11 is 0. The number of benzene rings is 1. The second-order valence-corrected chi connectivity index (χ2v) is 5.31. The van der Waals surface area contributed by atoms with E-state index in [4.69, 9.17) is 4.74 Å². The fraction of sp³-hybridized carbons (Fsp3) is 0.471. The molecule has 2 rings (SSSR count). The number of rotatable bonds is 6. The molecular weight excluding hydrogens is 248 g/mol. The molecule has 0 aliphatic heterocycles. The van der Waals surface area contributed by atoms with Crippen molar-refractivity contribution in [1.29, 1.82) is 0 Å². The smallest absolute Gasteiger partial charge is 0.119 e. The third-order valence-corrected chi connectivity index (χ3v) is 3.41. The standard InChI is InChI=1S/C17H24N2O/c1-5-17-16(13(3)4)12-19(18-17)11-14-7-9-15(10-8-14)20-6-2/h7-10,12-13H,5-6,11H2,1-4H3. The van der Waals surface area contributed by atoms with Crippen LogP contribution in [0.1, 0.15) is 50.4 Å². The molecule has 0 saturated carbocycles. The van der Waals surface area contributed by atoms with Crippen LogP contribution >= 0.6 is 0 Å². The molecule has 0 aliphatic rings. The SMILES string of the molecule is CCOc1ccc(Cn2cc(C(C)C)c(CC)n2)cc1. The summed E-state index contributed by atoms with van der Waals surface area (Å²) in [4.78, 5) is 0. The highest BCUT2D eigenvalue weighted by molar-refractivity contribution is 5.28. The van der Waals surface area contributed by atoms with Crippen molar-refractivity contribution in [3.63, 3.8) is 0 Å². The molecule has 0 aliphatic carbocycles. The van der Waals surface area contributed by atoms with Gasteiger partial charge < -0.3 is 4.74 Å². The van der Waals surface area contributed by atoms with Crippen LogP contribution in [0.4, 0.5) is 0 Å². The Labute approximate surface area is 121 Å². The van der Waals surface area contributed by atoms with Crippen molar-refractivity contribution in [3.05, 3.63) is 47.3 Å². The lowest BCUT2D eigenvalue weighted by Gasteiger charge is -2.05. The third-order valence-electron chi connectivity index (χ3n) is 3.41. The fourth-order valence-electron chi connectivity index (χ4n) is 2.36. The lowest BCUT2D eigenvalue weighted by atomic mass is 10.0. The number of hydrogen-bond donors (Lipinski definition) is 0. The summed E-state index contributed by atoms with van der Waals surface area (Å²) in [6.07, 6.45) is 3.17. The monoisotopic (exact) mass is 272 g/mol. The zero-order valence-corrected chi connectivity index (χ0v) is 12.9. The average molecular weight is 272 g/mol. The lowest BCUT2D eigenvalue weighted by molar-refractivity contribution is 0.340. The molecule has 0 atom stereocenters. The first-order valence-electron chi connectivity index (χ1n) is 7.42. The molecule has 0 N–H and O–H groups in total. The van der Waals surface area contributed by atoms with Gasteiger partial charge in [-0.15, -0.1) is 0 Å². The Morgan fingerprint density at radius 1 is 1.15 bits per heavy atom. The predicted molar refractivity (Wildman–Crippen MR) is 82.4 cm³/mol. The van der Waals surface area contributed by atoms with Crippen LogP contribution in [0.15, 0.2) is 30.5 Å². The van der Waals surface area contributed by atoms with Crippen LogP contribution in [0.2, 0.25) is 0 Å². The van der Waals surface area contributed by atoms with Gasteiger partial charge in [-0.05, 0) is 42.5 Å². The van der Waals surface area contributed by atoms with Gasteiger partial charge in [0.25, 0.3) is 0 Å². The Bertz CT molecular complexity index is 541. The Morgan fingerprint density at radius 3 is 2.35 bits per heavy atom. The van der Waals surface area contributed by atoms with Crippen molar-refractivity contribution in [2.45, 2.75) is 46.6 Å². The van der Waals surface area contributed by atoms with Crippen LogP contribution in [0.25, 0.3) is 0 Å². The lowest BCUT2D eigenvalue weighted by Crippen LogP contribution is -2.01. The Morgan fingerprint density at radius 2 is 1.85 bits per heavy atom. The maximum absolute atomic E-state index is 5.46. The van der Waals surface area contributed by atoms with E-state index in [1.54, 1.807) is 0 Å². The van der Waals surface area contributed by atoms with Gasteiger partial charge in [0.1, 0.15) is 5.75 Å². The minimum absolute atomic E-state index is 0.527. The van der Waals surface area contributed by atoms with Gasteiger partial charge >= 0.3 is 0 Å². The van der Waals surface area contributed by atoms with E-state index in [0.717, 1.165) is 18.7 Å². The Balaban J connectivity index is 2.13. The van der Waals surface area contributed by atoms with Crippen molar-refractivity contribution in [3.8, 4) is 5.75 Å². The molecule has 0 spiro atoms. The van der Waals surface area contributed by atoms with E-state index < -0.39 is 0 Å². The molecule has 1 heterocycles. The summed E-state index contributed by atoms with van der Waals surface area (Å²) in [6.45, 7) is 10.1. The molecular formula is C17H24N2O. The van der Waals surface area contributed by atoms with Crippen molar-refractivity contribution >= 4 is 0 Å². The van der Waals surface area contributed by atoms with Gasteiger partial charge in [-0.25, -0.2) is 0 Å². The first-order valence-corrected chi connectivity index (χ1v) is 7.42. The van der Waals surface area contributed by atoms with Gasteiger partial charge in [-0.3, -0.25) is 4.68 Å². The highest BCUT2D eigenvalue weighted by Gasteiger charge is 2.10. The van der Waals surface area contributed by atoms with Gasteiger partial charge in [-0.1, -0.05) is 32.9 Å². The van der Waals surface area contributed by atoms with Gasteiger partial charge in [0, 0.05) is 6.20 Å². The quantitative estimate of drug-likeness (QED) is 0.794. The maximum Gasteiger partial charge on any atom is 0.119 e. The molecule has 0 unspecified atom stereocenters. The summed E-state index contributed by atoms with van der Waals surface area (Å²) in [5, 5.41) is 4.69. The summed E-state index contributed by atoms with van der Waals surface area (Å²) in [5.74, 6) is 1.45. The van der Waals surface area contributed by atoms with Crippen LogP contribution in [0.3, 0.4) is 0 Å². The third kappa shape index (κ3) is 3.41. The molecule has 1 aromatic heterocycles. The molecule has 2 aromatic rings. The van der Waals surface area contributed by atoms with Gasteiger partial charge in [-0.2, -0.15) is 5.10 Å². The van der Waals surface area contributed by atoms with Gasteiger partial charge in [0.2, 0.25) is 0 Å². The van der Waals surface area contributed by atoms with Crippen LogP contribution < -0.4 is 4.74 Å². The molecule has 108 valence electrons. The van der Waals surface area contributed by atoms with E-state index in [-0.39, 0.29) is 0 Å². The number of hydrogen-bond acceptors (Lipinski definition) is 2. The van der Waals surface area contributed by atoms with Gasteiger partial charge in [0.05, 0.1) is 18.8 Å². The van der Waals surface area contributed by atoms with Crippen LogP contribution in [-0.2, 0) is 13.0 Å². The average Bonchev–Trinajstić information content (AvgIpc) is 2.84. The van der Waals surface area contributed by atoms with E-state index in [1.165, 1.54) is 16.8 Å². The van der Waals surface area contributed by atoms with Gasteiger partial charge in [0.15, 0.2) is 0 Å². The molecule has 0 bridgehead atoms. The highest BCUT2D eigenvalue weighted by Crippen LogP contribution is 2.20. The van der Waals surface area contributed by atoms with Crippen LogP contribution in [0, 0.1) is 0 Å². The second kappa shape index (κ2) is 6.60. The maximum atomic E-state index is 5.46. The van der Waals surface area contributed by atoms with E-state index in [0.29, 0.717) is 12.5 Å². The first-order chi connectivity index (χ1) is 9.63. The topological polar surface area (TPSA) is 27.1 Å². The predicted octanol–water partition coefficient (Wildman–Crippen LogP) is 4.02. The van der Waals surface area contributed by atoms with Crippen molar-refractivity contribution in [1.82, 2.24) is 9.78 Å². The van der Waals surface area contributed by atoms with E-state index >= 15 is 0 Å². The summed E-state index contributed by atoms with van der Waals surface area (Å²) in [6, 6.07) is 8.25. The molecule has 1 aromatic carbocycles. The van der Waals surface area contributed by atoms with Crippen molar-refractivity contribution in [2.24, 2.45) is 0 Å². The zero-order chi connectivity index (χ0) is 14.5. The number of aryl methyl sites for hydroxylation is 1. The molecule has 3 heteroatoms. The van der Waals surface area contributed by atoms with Crippen LogP contribution in [-0.4, -0.2) is 16.4 Å². The molecule has 0 saturated heterocycles. The minimum Gasteiger partial charge on any atom is -0.494 e. The Hall–Kier alpha value is -1.77. The second-order valence-electron chi connectivity index (χ2n) is 5.31.